The van der Waals surface area contributed by atoms with Crippen molar-refractivity contribution in [3.8, 4) is 0 Å². The summed E-state index contributed by atoms with van der Waals surface area (Å²) in [4.78, 5) is 15.0. The third-order valence-electron chi connectivity index (χ3n) is 3.69. The first-order chi connectivity index (χ1) is 8.60. The molecule has 0 amide bonds. The number of fused-ring (bicyclic) bond motifs is 1. The Labute approximate surface area is 104 Å². The molecule has 3 rings (SSSR count). The zero-order valence-corrected chi connectivity index (χ0v) is 9.71. The Hall–Kier alpha value is -1.94. The Bertz CT molecular complexity index is 612. The van der Waals surface area contributed by atoms with Crippen molar-refractivity contribution in [3.63, 3.8) is 0 Å². The Morgan fingerprint density at radius 2 is 2.00 bits per heavy atom. The van der Waals surface area contributed by atoms with E-state index in [9.17, 15) is 9.90 Å². The summed E-state index contributed by atoms with van der Waals surface area (Å²) in [5, 5.41) is 21.3. The molecule has 1 aliphatic carbocycles. The minimum absolute atomic E-state index is 0.262. The lowest BCUT2D eigenvalue weighted by atomic mass is 9.67. The van der Waals surface area contributed by atoms with Crippen molar-refractivity contribution in [2.24, 2.45) is 5.92 Å². The highest BCUT2D eigenvalue weighted by molar-refractivity contribution is 5.86. The molecule has 0 unspecified atom stereocenters. The van der Waals surface area contributed by atoms with Crippen LogP contribution in [0.5, 0.6) is 0 Å². The molecule has 1 fully saturated rings. The molecule has 0 radical (unpaired) electrons. The van der Waals surface area contributed by atoms with Gasteiger partial charge < -0.3 is 10.2 Å². The highest BCUT2D eigenvalue weighted by Gasteiger charge is 2.48. The van der Waals surface area contributed by atoms with Crippen molar-refractivity contribution >= 4 is 16.7 Å². The molecule has 1 saturated carbocycles. The molecule has 1 heterocycles. The van der Waals surface area contributed by atoms with E-state index in [4.69, 9.17) is 5.11 Å². The first-order valence-corrected chi connectivity index (χ1v) is 5.88. The molecular weight excluding hydrogens is 230 g/mol. The standard InChI is InChI=1S/C14H13NO3/c16-13(17)10-5-14(18,6-10)12-8-15-7-9-3-1-2-4-11(9)12/h1-4,7-8,10,18H,5-6H2,(H,16,17). The molecule has 1 aromatic carbocycles. The normalized spacial score (nSPS) is 26.8. The van der Waals surface area contributed by atoms with Crippen molar-refractivity contribution in [2.75, 3.05) is 0 Å². The van der Waals surface area contributed by atoms with Gasteiger partial charge in [-0.15, -0.1) is 0 Å². The highest BCUT2D eigenvalue weighted by Crippen LogP contribution is 2.47. The zero-order chi connectivity index (χ0) is 12.8. The van der Waals surface area contributed by atoms with E-state index in [0.717, 1.165) is 16.3 Å². The zero-order valence-electron chi connectivity index (χ0n) is 9.71. The average Bonchev–Trinajstić information content (AvgIpc) is 2.34. The molecular formula is C14H13NO3. The summed E-state index contributed by atoms with van der Waals surface area (Å²) < 4.78 is 0. The van der Waals surface area contributed by atoms with Crippen LogP contribution in [0.15, 0.2) is 36.7 Å². The van der Waals surface area contributed by atoms with E-state index >= 15 is 0 Å². The summed E-state index contributed by atoms with van der Waals surface area (Å²) in [6.07, 6.45) is 3.91. The van der Waals surface area contributed by atoms with Crippen molar-refractivity contribution < 1.29 is 15.0 Å². The number of aromatic nitrogens is 1. The second kappa shape index (κ2) is 3.78. The molecule has 0 atom stereocenters. The lowest BCUT2D eigenvalue weighted by Crippen LogP contribution is -2.44. The van der Waals surface area contributed by atoms with Crippen LogP contribution in [-0.4, -0.2) is 21.2 Å². The molecule has 0 bridgehead atoms. The van der Waals surface area contributed by atoms with Crippen LogP contribution in [0.2, 0.25) is 0 Å². The quantitative estimate of drug-likeness (QED) is 0.845. The van der Waals surface area contributed by atoms with Gasteiger partial charge in [0.1, 0.15) is 0 Å². The number of aliphatic hydroxyl groups is 1. The van der Waals surface area contributed by atoms with Gasteiger partial charge in [0.15, 0.2) is 0 Å². The third kappa shape index (κ3) is 1.57. The fraction of sp³-hybridized carbons (Fsp3) is 0.286. The maximum absolute atomic E-state index is 10.8. The minimum atomic E-state index is -1.04. The van der Waals surface area contributed by atoms with Crippen molar-refractivity contribution in [1.82, 2.24) is 4.98 Å². The molecule has 0 aliphatic heterocycles. The summed E-state index contributed by atoms with van der Waals surface area (Å²) in [6, 6.07) is 7.68. The van der Waals surface area contributed by atoms with Crippen LogP contribution in [0, 0.1) is 5.92 Å². The Balaban J connectivity index is 2.03. The van der Waals surface area contributed by atoms with Crippen molar-refractivity contribution in [3.05, 3.63) is 42.2 Å². The number of hydrogen-bond donors (Lipinski definition) is 2. The van der Waals surface area contributed by atoms with Crippen LogP contribution in [0.4, 0.5) is 0 Å². The molecule has 1 aromatic heterocycles. The Morgan fingerprint density at radius 1 is 1.28 bits per heavy atom. The van der Waals surface area contributed by atoms with E-state index in [-0.39, 0.29) is 12.8 Å². The SMILES string of the molecule is O=C(O)C1CC(O)(c2cncc3ccccc23)C1. The number of nitrogens with zero attached hydrogens (tertiary/aromatic N) is 1. The molecule has 1 aliphatic rings. The molecule has 2 N–H and O–H groups in total. The van der Waals surface area contributed by atoms with Crippen LogP contribution in [-0.2, 0) is 10.4 Å². The van der Waals surface area contributed by atoms with Gasteiger partial charge in [-0.2, -0.15) is 0 Å². The summed E-state index contributed by atoms with van der Waals surface area (Å²) in [5.41, 5.74) is -0.310. The predicted molar refractivity (Wildman–Crippen MR) is 66.0 cm³/mol. The molecule has 92 valence electrons. The molecule has 0 saturated heterocycles. The lowest BCUT2D eigenvalue weighted by molar-refractivity contribution is -0.159. The monoisotopic (exact) mass is 243 g/mol. The first-order valence-electron chi connectivity index (χ1n) is 5.88. The Morgan fingerprint density at radius 3 is 2.72 bits per heavy atom. The van der Waals surface area contributed by atoms with Gasteiger partial charge in [-0.3, -0.25) is 9.78 Å². The highest BCUT2D eigenvalue weighted by atomic mass is 16.4. The van der Waals surface area contributed by atoms with Gasteiger partial charge in [0.2, 0.25) is 0 Å². The van der Waals surface area contributed by atoms with Gasteiger partial charge in [-0.05, 0) is 18.2 Å². The van der Waals surface area contributed by atoms with Crippen LogP contribution < -0.4 is 0 Å². The summed E-state index contributed by atoms with van der Waals surface area (Å²) in [6.45, 7) is 0. The molecule has 18 heavy (non-hydrogen) atoms. The number of benzene rings is 1. The smallest absolute Gasteiger partial charge is 0.306 e. The second-order valence-electron chi connectivity index (χ2n) is 4.88. The fourth-order valence-corrected chi connectivity index (χ4v) is 2.64. The van der Waals surface area contributed by atoms with E-state index in [1.54, 1.807) is 12.4 Å². The Kier molecular flexibility index (Phi) is 2.35. The van der Waals surface area contributed by atoms with Gasteiger partial charge in [0.25, 0.3) is 0 Å². The van der Waals surface area contributed by atoms with Gasteiger partial charge in [0, 0.05) is 23.3 Å². The second-order valence-corrected chi connectivity index (χ2v) is 4.88. The maximum Gasteiger partial charge on any atom is 0.306 e. The van der Waals surface area contributed by atoms with E-state index in [1.807, 2.05) is 24.3 Å². The molecule has 0 spiro atoms. The van der Waals surface area contributed by atoms with E-state index < -0.39 is 17.5 Å². The average molecular weight is 243 g/mol. The number of carbonyl (C=O) groups is 1. The fourth-order valence-electron chi connectivity index (χ4n) is 2.64. The van der Waals surface area contributed by atoms with Gasteiger partial charge in [-0.25, -0.2) is 0 Å². The minimum Gasteiger partial charge on any atom is -0.481 e. The van der Waals surface area contributed by atoms with Crippen molar-refractivity contribution in [1.29, 1.82) is 0 Å². The van der Waals surface area contributed by atoms with Gasteiger partial charge >= 0.3 is 5.97 Å². The van der Waals surface area contributed by atoms with E-state index in [0.29, 0.717) is 0 Å². The summed E-state index contributed by atoms with van der Waals surface area (Å²) in [7, 11) is 0. The topological polar surface area (TPSA) is 70.4 Å². The summed E-state index contributed by atoms with van der Waals surface area (Å²) >= 11 is 0. The number of aliphatic carboxylic acids is 1. The van der Waals surface area contributed by atoms with Crippen LogP contribution >= 0.6 is 0 Å². The number of carboxylic acids is 1. The third-order valence-corrected chi connectivity index (χ3v) is 3.69. The number of carboxylic acid groups (broad SMARTS) is 1. The van der Waals surface area contributed by atoms with Crippen LogP contribution in [0.1, 0.15) is 18.4 Å². The maximum atomic E-state index is 10.8. The van der Waals surface area contributed by atoms with Crippen LogP contribution in [0.3, 0.4) is 0 Å². The van der Waals surface area contributed by atoms with E-state index in [2.05, 4.69) is 4.98 Å². The summed E-state index contributed by atoms with van der Waals surface area (Å²) in [5.74, 6) is -1.29. The predicted octanol–water partition coefficient (Wildman–Crippen LogP) is 1.92. The largest absolute Gasteiger partial charge is 0.481 e. The van der Waals surface area contributed by atoms with Crippen LogP contribution in [0.25, 0.3) is 10.8 Å². The molecule has 2 aromatic rings. The molecule has 4 nitrogen and oxygen atoms in total. The molecule has 4 heteroatoms. The lowest BCUT2D eigenvalue weighted by Gasteiger charge is -2.42. The van der Waals surface area contributed by atoms with E-state index in [1.165, 1.54) is 0 Å². The number of hydrogen-bond acceptors (Lipinski definition) is 3. The van der Waals surface area contributed by atoms with Crippen molar-refractivity contribution in [2.45, 2.75) is 18.4 Å². The number of rotatable bonds is 2. The first kappa shape index (κ1) is 11.2. The van der Waals surface area contributed by atoms with Gasteiger partial charge in [0.05, 0.1) is 11.5 Å². The number of pyridine rings is 1. The van der Waals surface area contributed by atoms with Gasteiger partial charge in [-0.1, -0.05) is 24.3 Å².